The summed E-state index contributed by atoms with van der Waals surface area (Å²) in [4.78, 5) is 0. The molecule has 92 valence electrons. The molecule has 0 radical (unpaired) electrons. The molecule has 0 atom stereocenters. The van der Waals surface area contributed by atoms with Crippen molar-refractivity contribution < 1.29 is 0 Å². The van der Waals surface area contributed by atoms with Crippen LogP contribution in [-0.2, 0) is 12.8 Å². The summed E-state index contributed by atoms with van der Waals surface area (Å²) in [6, 6.07) is 17.1. The van der Waals surface area contributed by atoms with Gasteiger partial charge in [0, 0.05) is 0 Å². The van der Waals surface area contributed by atoms with Crippen molar-refractivity contribution in [1.82, 2.24) is 0 Å². The molecule has 0 heterocycles. The molecule has 0 saturated heterocycles. The molecule has 18 heavy (non-hydrogen) atoms. The van der Waals surface area contributed by atoms with E-state index in [0.717, 1.165) is 12.8 Å². The quantitative estimate of drug-likeness (QED) is 0.678. The Morgan fingerprint density at radius 3 is 1.44 bits per heavy atom. The fourth-order valence-electron chi connectivity index (χ4n) is 2.10. The fraction of sp³-hybridized carbons (Fsp3) is 0.222. The molecular weight excluding hydrogens is 216 g/mol. The Bertz CT molecular complexity index is 486. The van der Waals surface area contributed by atoms with E-state index in [-0.39, 0.29) is 0 Å². The van der Waals surface area contributed by atoms with Gasteiger partial charge in [0.1, 0.15) is 0 Å². The summed E-state index contributed by atoms with van der Waals surface area (Å²) in [7, 11) is 0. The third kappa shape index (κ3) is 3.33. The molecule has 0 nitrogen and oxygen atoms in total. The number of benzene rings is 2. The summed E-state index contributed by atoms with van der Waals surface area (Å²) < 4.78 is 0. The van der Waals surface area contributed by atoms with Crippen molar-refractivity contribution in [3.8, 4) is 0 Å². The molecule has 0 bridgehead atoms. The zero-order valence-corrected chi connectivity index (χ0v) is 11.2. The van der Waals surface area contributed by atoms with Gasteiger partial charge in [0.25, 0.3) is 0 Å². The lowest BCUT2D eigenvalue weighted by Crippen LogP contribution is -1.88. The Kier molecular flexibility index (Phi) is 4.35. The van der Waals surface area contributed by atoms with Gasteiger partial charge in [-0.05, 0) is 48.9 Å². The maximum absolute atomic E-state index is 2.27. The van der Waals surface area contributed by atoms with Crippen LogP contribution in [0.5, 0.6) is 0 Å². The Balaban J connectivity index is 1.94. The van der Waals surface area contributed by atoms with Gasteiger partial charge in [-0.25, -0.2) is 0 Å². The lowest BCUT2D eigenvalue weighted by Gasteiger charge is -2.02. The molecule has 0 fully saturated rings. The zero-order chi connectivity index (χ0) is 12.8. The predicted molar refractivity (Wildman–Crippen MR) is 78.9 cm³/mol. The highest BCUT2D eigenvalue weighted by atomic mass is 14.0. The Morgan fingerprint density at radius 2 is 1.06 bits per heavy atom. The Morgan fingerprint density at radius 1 is 0.667 bits per heavy atom. The van der Waals surface area contributed by atoms with Gasteiger partial charge in [0.05, 0.1) is 0 Å². The average Bonchev–Trinajstić information content (AvgIpc) is 2.38. The summed E-state index contributed by atoms with van der Waals surface area (Å²) in [5, 5.41) is 0. The van der Waals surface area contributed by atoms with Crippen molar-refractivity contribution in [3.05, 3.63) is 82.9 Å². The molecule has 0 spiro atoms. The van der Waals surface area contributed by atoms with Crippen LogP contribution in [0.3, 0.4) is 0 Å². The molecule has 0 aliphatic carbocycles. The lowest BCUT2D eigenvalue weighted by molar-refractivity contribution is 1.16. The second-order valence-electron chi connectivity index (χ2n) is 4.73. The molecule has 2 aromatic rings. The van der Waals surface area contributed by atoms with Gasteiger partial charge >= 0.3 is 0 Å². The van der Waals surface area contributed by atoms with E-state index in [1.54, 1.807) is 0 Å². The minimum Gasteiger partial charge on any atom is -0.0838 e. The second kappa shape index (κ2) is 6.20. The van der Waals surface area contributed by atoms with Crippen LogP contribution in [0.1, 0.15) is 22.3 Å². The first-order valence-corrected chi connectivity index (χ1v) is 6.51. The molecule has 0 heteroatoms. The maximum Gasteiger partial charge on any atom is -0.00947 e. The summed E-state index contributed by atoms with van der Waals surface area (Å²) in [5.41, 5.74) is 5.58. The van der Waals surface area contributed by atoms with Gasteiger partial charge in [-0.1, -0.05) is 60.7 Å². The van der Waals surface area contributed by atoms with Crippen molar-refractivity contribution in [2.75, 3.05) is 0 Å². The Hall–Kier alpha value is -1.82. The van der Waals surface area contributed by atoms with E-state index in [1.807, 2.05) is 0 Å². The Labute approximate surface area is 110 Å². The van der Waals surface area contributed by atoms with Gasteiger partial charge in [0.2, 0.25) is 0 Å². The number of hydrogen-bond acceptors (Lipinski definition) is 0. The molecule has 0 unspecified atom stereocenters. The fourth-order valence-corrected chi connectivity index (χ4v) is 2.10. The molecule has 0 aliphatic heterocycles. The first-order valence-electron chi connectivity index (χ1n) is 6.51. The number of rotatable bonds is 4. The van der Waals surface area contributed by atoms with E-state index in [4.69, 9.17) is 0 Å². The largest absolute Gasteiger partial charge is 0.0838 e. The molecule has 0 amide bonds. The summed E-state index contributed by atoms with van der Waals surface area (Å²) in [5.74, 6) is 0. The zero-order valence-electron chi connectivity index (χ0n) is 11.2. The third-order valence-corrected chi connectivity index (χ3v) is 3.36. The highest BCUT2D eigenvalue weighted by Gasteiger charge is 1.95. The van der Waals surface area contributed by atoms with E-state index < -0.39 is 0 Å². The number of allylic oxidation sites excluding steroid dienone is 2. The second-order valence-corrected chi connectivity index (χ2v) is 4.73. The molecule has 0 saturated carbocycles. The smallest absolute Gasteiger partial charge is 0.00947 e. The third-order valence-electron chi connectivity index (χ3n) is 3.36. The van der Waals surface area contributed by atoms with Crippen LogP contribution in [0.2, 0.25) is 0 Å². The summed E-state index contributed by atoms with van der Waals surface area (Å²) in [6.45, 7) is 4.34. The van der Waals surface area contributed by atoms with Gasteiger partial charge < -0.3 is 0 Å². The standard InChI is InChI=1S/C18H20/c1-15-9-3-5-11-17(15)13-7-8-14-18-12-6-4-10-16(18)2/h3-12H,13-14H2,1-2H3/b8-7+. The molecule has 2 rings (SSSR count). The van der Waals surface area contributed by atoms with Crippen LogP contribution >= 0.6 is 0 Å². The molecule has 0 aliphatic rings. The van der Waals surface area contributed by atoms with Crippen LogP contribution in [0.4, 0.5) is 0 Å². The normalized spacial score (nSPS) is 11.0. The number of aryl methyl sites for hydroxylation is 2. The van der Waals surface area contributed by atoms with E-state index in [9.17, 15) is 0 Å². The van der Waals surface area contributed by atoms with Gasteiger partial charge in [-0.3, -0.25) is 0 Å². The van der Waals surface area contributed by atoms with Crippen molar-refractivity contribution in [2.45, 2.75) is 26.7 Å². The first-order chi connectivity index (χ1) is 8.77. The summed E-state index contributed by atoms with van der Waals surface area (Å²) in [6.07, 6.45) is 6.60. The molecule has 0 N–H and O–H groups in total. The van der Waals surface area contributed by atoms with Crippen LogP contribution < -0.4 is 0 Å². The topological polar surface area (TPSA) is 0 Å². The lowest BCUT2D eigenvalue weighted by atomic mass is 10.0. The molecule has 2 aromatic carbocycles. The van der Waals surface area contributed by atoms with E-state index in [2.05, 4.69) is 74.5 Å². The van der Waals surface area contributed by atoms with Gasteiger partial charge in [-0.15, -0.1) is 0 Å². The van der Waals surface area contributed by atoms with Crippen molar-refractivity contribution in [2.24, 2.45) is 0 Å². The van der Waals surface area contributed by atoms with Crippen LogP contribution in [0.15, 0.2) is 60.7 Å². The van der Waals surface area contributed by atoms with E-state index >= 15 is 0 Å². The van der Waals surface area contributed by atoms with Crippen molar-refractivity contribution >= 4 is 0 Å². The minimum absolute atomic E-state index is 1.03. The van der Waals surface area contributed by atoms with Crippen LogP contribution in [0, 0.1) is 13.8 Å². The SMILES string of the molecule is Cc1ccccc1C/C=C/Cc1ccccc1C. The first kappa shape index (κ1) is 12.6. The van der Waals surface area contributed by atoms with E-state index in [0.29, 0.717) is 0 Å². The minimum atomic E-state index is 1.03. The number of hydrogen-bond donors (Lipinski definition) is 0. The van der Waals surface area contributed by atoms with Gasteiger partial charge in [0.15, 0.2) is 0 Å². The maximum atomic E-state index is 2.27. The monoisotopic (exact) mass is 236 g/mol. The van der Waals surface area contributed by atoms with Gasteiger partial charge in [-0.2, -0.15) is 0 Å². The van der Waals surface area contributed by atoms with Crippen molar-refractivity contribution in [3.63, 3.8) is 0 Å². The van der Waals surface area contributed by atoms with Crippen molar-refractivity contribution in [1.29, 1.82) is 0 Å². The average molecular weight is 236 g/mol. The van der Waals surface area contributed by atoms with Crippen LogP contribution in [0.25, 0.3) is 0 Å². The highest BCUT2D eigenvalue weighted by Crippen LogP contribution is 2.10. The molecule has 0 aromatic heterocycles. The highest BCUT2D eigenvalue weighted by molar-refractivity contribution is 5.29. The predicted octanol–water partition coefficient (Wildman–Crippen LogP) is 4.64. The molecular formula is C18H20. The van der Waals surface area contributed by atoms with E-state index in [1.165, 1.54) is 22.3 Å². The summed E-state index contributed by atoms with van der Waals surface area (Å²) >= 11 is 0. The van der Waals surface area contributed by atoms with Crippen LogP contribution in [-0.4, -0.2) is 0 Å².